The van der Waals surface area contributed by atoms with Crippen molar-refractivity contribution < 1.29 is 14.3 Å². The van der Waals surface area contributed by atoms with Gasteiger partial charge < -0.3 is 9.47 Å². The van der Waals surface area contributed by atoms with Gasteiger partial charge in [-0.2, -0.15) is 0 Å². The van der Waals surface area contributed by atoms with Crippen LogP contribution in [0.2, 0.25) is 0 Å². The fourth-order valence-corrected chi connectivity index (χ4v) is 4.15. The highest BCUT2D eigenvalue weighted by Gasteiger charge is 2.08. The molecular weight excluding hydrogens is 448 g/mol. The number of ether oxygens (including phenoxy) is 2. The molecule has 1 aromatic carbocycles. The van der Waals surface area contributed by atoms with E-state index in [0.29, 0.717) is 18.0 Å². The number of hydrogen-bond acceptors (Lipinski definition) is 5. The fraction of sp³-hybridized carbons (Fsp3) is 0.645. The van der Waals surface area contributed by atoms with Crippen molar-refractivity contribution in [2.45, 2.75) is 117 Å². The second kappa shape index (κ2) is 18.8. The minimum atomic E-state index is -0.219. The Labute approximate surface area is 219 Å². The van der Waals surface area contributed by atoms with Crippen molar-refractivity contribution in [3.05, 3.63) is 36.7 Å². The van der Waals surface area contributed by atoms with Gasteiger partial charge in [0.1, 0.15) is 5.75 Å². The molecule has 0 aliphatic rings. The molecule has 2 rings (SSSR count). The first-order valence-electron chi connectivity index (χ1n) is 14.4. The molecule has 1 aromatic heterocycles. The molecule has 2 aromatic rings. The van der Waals surface area contributed by atoms with Crippen LogP contribution in [0.3, 0.4) is 0 Å². The van der Waals surface area contributed by atoms with E-state index in [4.69, 9.17) is 9.47 Å². The number of unbranched alkanes of at least 4 members (excludes halogenated alkanes) is 10. The van der Waals surface area contributed by atoms with Crippen molar-refractivity contribution in [1.82, 2.24) is 9.97 Å². The van der Waals surface area contributed by atoms with Gasteiger partial charge in [-0.05, 0) is 43.0 Å². The maximum absolute atomic E-state index is 12.1. The lowest BCUT2D eigenvalue weighted by molar-refractivity contribution is -0.134. The van der Waals surface area contributed by atoms with Gasteiger partial charge in [-0.3, -0.25) is 4.79 Å². The van der Waals surface area contributed by atoms with Gasteiger partial charge in [-0.1, -0.05) is 97.8 Å². The van der Waals surface area contributed by atoms with Crippen LogP contribution in [0.15, 0.2) is 36.7 Å². The number of rotatable bonds is 20. The Balaban J connectivity index is 1.62. The van der Waals surface area contributed by atoms with Crippen molar-refractivity contribution in [1.29, 1.82) is 0 Å². The first-order chi connectivity index (χ1) is 17.6. The number of esters is 1. The van der Waals surface area contributed by atoms with Crippen LogP contribution in [0.5, 0.6) is 11.5 Å². The Morgan fingerprint density at radius 3 is 2.03 bits per heavy atom. The third-order valence-corrected chi connectivity index (χ3v) is 6.76. The lowest BCUT2D eigenvalue weighted by Crippen LogP contribution is -2.08. The summed E-state index contributed by atoms with van der Waals surface area (Å²) in [7, 11) is 0. The Kier molecular flexibility index (Phi) is 15.5. The maximum atomic E-state index is 12.1. The average Bonchev–Trinajstić information content (AvgIpc) is 2.90. The summed E-state index contributed by atoms with van der Waals surface area (Å²) in [6.07, 6.45) is 20.9. The second-order valence-corrected chi connectivity index (χ2v) is 10.0. The van der Waals surface area contributed by atoms with Crippen molar-refractivity contribution in [2.75, 3.05) is 6.61 Å². The Bertz CT molecular complexity index is 821. The lowest BCUT2D eigenvalue weighted by Gasteiger charge is -2.08. The van der Waals surface area contributed by atoms with E-state index in [2.05, 4.69) is 30.7 Å². The summed E-state index contributed by atoms with van der Waals surface area (Å²) in [5, 5.41) is 0. The molecule has 0 spiro atoms. The van der Waals surface area contributed by atoms with Crippen LogP contribution < -0.4 is 9.47 Å². The molecule has 0 saturated carbocycles. The minimum Gasteiger partial charge on any atom is -0.494 e. The summed E-state index contributed by atoms with van der Waals surface area (Å²) in [4.78, 5) is 20.8. The van der Waals surface area contributed by atoms with E-state index in [-0.39, 0.29) is 5.97 Å². The summed E-state index contributed by atoms with van der Waals surface area (Å²) in [6, 6.07) is 7.85. The molecule has 0 fully saturated rings. The molecule has 0 N–H and O–H groups in total. The number of carbonyl (C=O) groups excluding carboxylic acids is 1. The number of aromatic nitrogens is 2. The average molecular weight is 497 g/mol. The predicted octanol–water partition coefficient (Wildman–Crippen LogP) is 8.96. The summed E-state index contributed by atoms with van der Waals surface area (Å²) in [5.41, 5.74) is 0.907. The minimum absolute atomic E-state index is 0.219. The molecule has 1 atom stereocenters. The van der Waals surface area contributed by atoms with E-state index in [1.165, 1.54) is 70.6 Å². The Morgan fingerprint density at radius 2 is 1.39 bits per heavy atom. The summed E-state index contributed by atoms with van der Waals surface area (Å²) >= 11 is 0. The van der Waals surface area contributed by atoms with Crippen molar-refractivity contribution in [3.8, 4) is 22.9 Å². The highest BCUT2D eigenvalue weighted by molar-refractivity contribution is 5.72. The number of carbonyl (C=O) groups is 1. The van der Waals surface area contributed by atoms with Gasteiger partial charge in [-0.25, -0.2) is 9.97 Å². The van der Waals surface area contributed by atoms with Gasteiger partial charge in [0.15, 0.2) is 11.6 Å². The highest BCUT2D eigenvalue weighted by Crippen LogP contribution is 2.21. The van der Waals surface area contributed by atoms with E-state index >= 15 is 0 Å². The Hall–Kier alpha value is -2.43. The second-order valence-electron chi connectivity index (χ2n) is 10.0. The molecule has 0 saturated heterocycles. The SMILES string of the molecule is CCCCCCCCCCCOc1ccc(-c2ncc(OC(=O)CCCCCC(C)CC)cn2)cc1. The van der Waals surface area contributed by atoms with E-state index < -0.39 is 0 Å². The molecule has 36 heavy (non-hydrogen) atoms. The molecule has 1 heterocycles. The van der Waals surface area contributed by atoms with Crippen LogP contribution in [-0.4, -0.2) is 22.5 Å². The topological polar surface area (TPSA) is 61.3 Å². The number of hydrogen-bond donors (Lipinski definition) is 0. The summed E-state index contributed by atoms with van der Waals surface area (Å²) < 4.78 is 11.3. The maximum Gasteiger partial charge on any atom is 0.311 e. The van der Waals surface area contributed by atoms with Crippen LogP contribution in [0, 0.1) is 5.92 Å². The first-order valence-corrected chi connectivity index (χ1v) is 14.4. The van der Waals surface area contributed by atoms with Gasteiger partial charge >= 0.3 is 5.97 Å². The molecule has 0 bridgehead atoms. The lowest BCUT2D eigenvalue weighted by atomic mass is 10.0. The van der Waals surface area contributed by atoms with E-state index in [9.17, 15) is 4.79 Å². The zero-order valence-electron chi connectivity index (χ0n) is 23.0. The third-order valence-electron chi connectivity index (χ3n) is 6.76. The molecule has 200 valence electrons. The van der Waals surface area contributed by atoms with Crippen LogP contribution in [-0.2, 0) is 4.79 Å². The van der Waals surface area contributed by atoms with E-state index in [1.807, 2.05) is 24.3 Å². The van der Waals surface area contributed by atoms with Gasteiger partial charge in [-0.15, -0.1) is 0 Å². The van der Waals surface area contributed by atoms with Crippen molar-refractivity contribution in [3.63, 3.8) is 0 Å². The number of benzene rings is 1. The zero-order valence-corrected chi connectivity index (χ0v) is 23.0. The molecule has 0 radical (unpaired) electrons. The number of nitrogens with zero attached hydrogens (tertiary/aromatic N) is 2. The first kappa shape index (κ1) is 29.8. The van der Waals surface area contributed by atoms with Crippen molar-refractivity contribution in [2.24, 2.45) is 5.92 Å². The molecule has 0 amide bonds. The van der Waals surface area contributed by atoms with Gasteiger partial charge in [0, 0.05) is 12.0 Å². The van der Waals surface area contributed by atoms with Crippen LogP contribution in [0.25, 0.3) is 11.4 Å². The van der Waals surface area contributed by atoms with Crippen LogP contribution in [0.4, 0.5) is 0 Å². The van der Waals surface area contributed by atoms with E-state index in [0.717, 1.165) is 43.1 Å². The molecule has 5 nitrogen and oxygen atoms in total. The smallest absolute Gasteiger partial charge is 0.311 e. The normalized spacial score (nSPS) is 11.9. The van der Waals surface area contributed by atoms with E-state index in [1.54, 1.807) is 12.4 Å². The summed E-state index contributed by atoms with van der Waals surface area (Å²) in [6.45, 7) is 7.51. The highest BCUT2D eigenvalue weighted by atomic mass is 16.5. The zero-order chi connectivity index (χ0) is 25.8. The largest absolute Gasteiger partial charge is 0.494 e. The van der Waals surface area contributed by atoms with Crippen molar-refractivity contribution >= 4 is 5.97 Å². The Morgan fingerprint density at radius 1 is 0.778 bits per heavy atom. The summed E-state index contributed by atoms with van der Waals surface area (Å²) in [5.74, 6) is 2.41. The predicted molar refractivity (Wildman–Crippen MR) is 148 cm³/mol. The fourth-order valence-electron chi connectivity index (χ4n) is 4.15. The quantitative estimate of drug-likeness (QED) is 0.135. The molecular formula is C31H48N2O3. The van der Waals surface area contributed by atoms with Gasteiger partial charge in [0.2, 0.25) is 0 Å². The molecule has 1 unspecified atom stereocenters. The van der Waals surface area contributed by atoms with Gasteiger partial charge in [0.05, 0.1) is 19.0 Å². The van der Waals surface area contributed by atoms with Gasteiger partial charge in [0.25, 0.3) is 0 Å². The molecule has 0 aliphatic carbocycles. The third kappa shape index (κ3) is 13.0. The standard InChI is InChI=1S/C31H48N2O3/c1-4-6-7-8-9-10-11-12-16-23-35-28-21-19-27(20-22-28)31-32-24-29(25-33-31)36-30(34)18-15-13-14-17-26(3)5-2/h19-22,24-26H,4-18,23H2,1-3H3. The molecule has 0 aliphatic heterocycles. The monoisotopic (exact) mass is 496 g/mol. The molecule has 5 heteroatoms. The van der Waals surface area contributed by atoms with Crippen LogP contribution >= 0.6 is 0 Å². The van der Waals surface area contributed by atoms with Crippen LogP contribution in [0.1, 0.15) is 117 Å².